The molecule has 0 aliphatic carbocycles. The minimum atomic E-state index is -0.153. The molecular weight excluding hydrogens is 410 g/mol. The Morgan fingerprint density at radius 3 is 2.66 bits per heavy atom. The average Bonchev–Trinajstić information content (AvgIpc) is 3.34. The molecule has 2 aliphatic heterocycles. The van der Waals surface area contributed by atoms with Crippen molar-refractivity contribution in [3.8, 4) is 22.8 Å². The minimum absolute atomic E-state index is 0.0471. The summed E-state index contributed by atoms with van der Waals surface area (Å²) in [5.41, 5.74) is 2.63. The van der Waals surface area contributed by atoms with Crippen LogP contribution in [0.1, 0.15) is 23.3 Å². The van der Waals surface area contributed by atoms with Crippen LogP contribution in [0.4, 0.5) is 5.69 Å². The molecule has 0 atom stereocenters. The van der Waals surface area contributed by atoms with Gasteiger partial charge in [-0.2, -0.15) is 5.10 Å². The highest BCUT2D eigenvalue weighted by Crippen LogP contribution is 2.33. The Kier molecular flexibility index (Phi) is 5.45. The third-order valence-electron chi connectivity index (χ3n) is 5.73. The first-order chi connectivity index (χ1) is 15.7. The van der Waals surface area contributed by atoms with Crippen molar-refractivity contribution in [1.29, 1.82) is 0 Å². The fraction of sp³-hybridized carbons (Fsp3) is 0.304. The van der Waals surface area contributed by atoms with Crippen molar-refractivity contribution in [1.82, 2.24) is 20.1 Å². The van der Waals surface area contributed by atoms with E-state index in [1.54, 1.807) is 35.5 Å². The van der Waals surface area contributed by atoms with Crippen LogP contribution in [0.2, 0.25) is 0 Å². The zero-order valence-electron chi connectivity index (χ0n) is 17.4. The first kappa shape index (κ1) is 20.0. The number of aromatic nitrogens is 3. The lowest BCUT2D eigenvalue weighted by Crippen LogP contribution is -2.41. The number of anilines is 1. The number of aromatic amines is 1. The molecule has 32 heavy (non-hydrogen) atoms. The third kappa shape index (κ3) is 4.14. The maximum absolute atomic E-state index is 12.9. The van der Waals surface area contributed by atoms with Gasteiger partial charge in [0.15, 0.2) is 11.5 Å². The number of H-pyrrole nitrogens is 1. The number of piperidine rings is 1. The highest BCUT2D eigenvalue weighted by molar-refractivity contribution is 5.95. The number of likely N-dealkylation sites (tertiary alicyclic amines) is 1. The Balaban J connectivity index is 1.17. The second-order valence-corrected chi connectivity index (χ2v) is 7.82. The Morgan fingerprint density at radius 1 is 1.06 bits per heavy atom. The van der Waals surface area contributed by atoms with Gasteiger partial charge in [-0.3, -0.25) is 19.7 Å². The standard InChI is InChI=1S/C23H23N5O4/c29-22(25-17-3-4-20-21(12-17)32-11-10-31-20)15-5-8-28(9-6-15)23(30)19-13-18(26-27-19)16-2-1-7-24-14-16/h1-4,7,12-15H,5-6,8-11H2,(H,25,29)(H,26,27). The first-order valence-corrected chi connectivity index (χ1v) is 10.6. The van der Waals surface area contributed by atoms with E-state index in [1.165, 1.54) is 0 Å². The molecule has 0 unspecified atom stereocenters. The Bertz CT molecular complexity index is 1120. The topological polar surface area (TPSA) is 109 Å². The molecule has 2 amide bonds. The third-order valence-corrected chi connectivity index (χ3v) is 5.73. The number of amides is 2. The maximum atomic E-state index is 12.9. The summed E-state index contributed by atoms with van der Waals surface area (Å²) in [5.74, 6) is 1.01. The lowest BCUT2D eigenvalue weighted by atomic mass is 9.95. The molecule has 1 aromatic carbocycles. The molecule has 4 heterocycles. The monoisotopic (exact) mass is 433 g/mol. The van der Waals surface area contributed by atoms with Crippen molar-refractivity contribution in [2.24, 2.45) is 5.92 Å². The van der Waals surface area contributed by atoms with Gasteiger partial charge in [0, 0.05) is 48.7 Å². The number of benzene rings is 1. The van der Waals surface area contributed by atoms with Gasteiger partial charge < -0.3 is 19.7 Å². The van der Waals surface area contributed by atoms with Crippen LogP contribution < -0.4 is 14.8 Å². The van der Waals surface area contributed by atoms with Crippen molar-refractivity contribution in [3.63, 3.8) is 0 Å². The van der Waals surface area contributed by atoms with Gasteiger partial charge in [-0.05, 0) is 43.2 Å². The van der Waals surface area contributed by atoms with Crippen LogP contribution in [-0.4, -0.2) is 58.2 Å². The summed E-state index contributed by atoms with van der Waals surface area (Å²) in [6.07, 6.45) is 4.60. The van der Waals surface area contributed by atoms with Crippen LogP contribution in [0, 0.1) is 5.92 Å². The smallest absolute Gasteiger partial charge is 0.271 e. The molecule has 0 spiro atoms. The number of ether oxygens (including phenoxy) is 2. The summed E-state index contributed by atoms with van der Waals surface area (Å²) >= 11 is 0. The van der Waals surface area contributed by atoms with Gasteiger partial charge in [0.25, 0.3) is 5.91 Å². The summed E-state index contributed by atoms with van der Waals surface area (Å²) in [6, 6.07) is 10.8. The van der Waals surface area contributed by atoms with Gasteiger partial charge in [-0.25, -0.2) is 0 Å². The summed E-state index contributed by atoms with van der Waals surface area (Å²) in [7, 11) is 0. The minimum Gasteiger partial charge on any atom is -0.486 e. The summed E-state index contributed by atoms with van der Waals surface area (Å²) in [4.78, 5) is 31.4. The lowest BCUT2D eigenvalue weighted by Gasteiger charge is -2.31. The average molecular weight is 433 g/mol. The Morgan fingerprint density at radius 2 is 1.88 bits per heavy atom. The highest BCUT2D eigenvalue weighted by Gasteiger charge is 2.29. The van der Waals surface area contributed by atoms with Gasteiger partial charge in [0.05, 0.1) is 5.69 Å². The molecule has 5 rings (SSSR count). The van der Waals surface area contributed by atoms with Crippen LogP contribution in [-0.2, 0) is 4.79 Å². The van der Waals surface area contributed by atoms with Crippen LogP contribution in [0.25, 0.3) is 11.3 Å². The molecule has 0 radical (unpaired) electrons. The number of rotatable bonds is 4. The molecule has 0 bridgehead atoms. The molecule has 9 heteroatoms. The van der Waals surface area contributed by atoms with Crippen molar-refractivity contribution in [2.75, 3.05) is 31.6 Å². The van der Waals surface area contributed by atoms with Gasteiger partial charge in [0.2, 0.25) is 5.91 Å². The molecule has 2 N–H and O–H groups in total. The van der Waals surface area contributed by atoms with Gasteiger partial charge in [-0.15, -0.1) is 0 Å². The number of hydrogen-bond donors (Lipinski definition) is 2. The molecule has 3 aromatic rings. The number of nitrogens with one attached hydrogen (secondary N) is 2. The van der Waals surface area contributed by atoms with Gasteiger partial charge >= 0.3 is 0 Å². The predicted molar refractivity (Wildman–Crippen MR) is 117 cm³/mol. The van der Waals surface area contributed by atoms with Crippen molar-refractivity contribution >= 4 is 17.5 Å². The van der Waals surface area contributed by atoms with Crippen molar-refractivity contribution in [2.45, 2.75) is 12.8 Å². The number of carbonyl (C=O) groups excluding carboxylic acids is 2. The summed E-state index contributed by atoms with van der Waals surface area (Å²) < 4.78 is 11.1. The second kappa shape index (κ2) is 8.70. The molecule has 2 aromatic heterocycles. The molecular formula is C23H23N5O4. The molecule has 0 saturated carbocycles. The molecule has 164 valence electrons. The van der Waals surface area contributed by atoms with Crippen LogP contribution in [0.15, 0.2) is 48.8 Å². The molecule has 1 fully saturated rings. The summed E-state index contributed by atoms with van der Waals surface area (Å²) in [6.45, 7) is 2.05. The normalized spacial score (nSPS) is 15.9. The fourth-order valence-corrected chi connectivity index (χ4v) is 3.97. The van der Waals surface area contributed by atoms with E-state index < -0.39 is 0 Å². The van der Waals surface area contributed by atoms with Crippen LogP contribution in [0.3, 0.4) is 0 Å². The van der Waals surface area contributed by atoms with Crippen molar-refractivity contribution in [3.05, 3.63) is 54.5 Å². The van der Waals surface area contributed by atoms with E-state index in [-0.39, 0.29) is 17.7 Å². The Labute approximate surface area is 184 Å². The van der Waals surface area contributed by atoms with E-state index in [2.05, 4.69) is 20.5 Å². The number of hydrogen-bond acceptors (Lipinski definition) is 6. The van der Waals surface area contributed by atoms with E-state index in [9.17, 15) is 9.59 Å². The quantitative estimate of drug-likeness (QED) is 0.655. The van der Waals surface area contributed by atoms with E-state index >= 15 is 0 Å². The fourth-order valence-electron chi connectivity index (χ4n) is 3.97. The molecule has 1 saturated heterocycles. The zero-order chi connectivity index (χ0) is 21.9. The van der Waals surface area contributed by atoms with E-state index in [0.717, 1.165) is 5.56 Å². The maximum Gasteiger partial charge on any atom is 0.271 e. The highest BCUT2D eigenvalue weighted by atomic mass is 16.6. The second-order valence-electron chi connectivity index (χ2n) is 7.82. The number of fused-ring (bicyclic) bond motifs is 1. The van der Waals surface area contributed by atoms with E-state index in [0.29, 0.717) is 67.7 Å². The number of nitrogens with zero attached hydrogens (tertiary/aromatic N) is 3. The lowest BCUT2D eigenvalue weighted by molar-refractivity contribution is -0.121. The predicted octanol–water partition coefficient (Wildman–Crippen LogP) is 2.73. The molecule has 9 nitrogen and oxygen atoms in total. The number of carbonyl (C=O) groups is 2. The zero-order valence-corrected chi connectivity index (χ0v) is 17.4. The van der Waals surface area contributed by atoms with Gasteiger partial charge in [0.1, 0.15) is 18.9 Å². The van der Waals surface area contributed by atoms with Gasteiger partial charge in [-0.1, -0.05) is 0 Å². The van der Waals surface area contributed by atoms with E-state index in [4.69, 9.17) is 9.47 Å². The van der Waals surface area contributed by atoms with E-state index in [1.807, 2.05) is 18.2 Å². The Hall–Kier alpha value is -3.88. The van der Waals surface area contributed by atoms with Crippen LogP contribution >= 0.6 is 0 Å². The number of pyridine rings is 1. The largest absolute Gasteiger partial charge is 0.486 e. The summed E-state index contributed by atoms with van der Waals surface area (Å²) in [5, 5.41) is 10.0. The SMILES string of the molecule is O=C(Nc1ccc2c(c1)OCCO2)C1CCN(C(=O)c2cc(-c3cccnc3)n[nH]2)CC1. The molecule has 2 aliphatic rings. The van der Waals surface area contributed by atoms with Crippen molar-refractivity contribution < 1.29 is 19.1 Å². The van der Waals surface area contributed by atoms with Crippen LogP contribution in [0.5, 0.6) is 11.5 Å². The first-order valence-electron chi connectivity index (χ1n) is 10.6.